The molecule has 1 aliphatic carbocycles. The van der Waals surface area contributed by atoms with Crippen molar-refractivity contribution in [2.24, 2.45) is 11.7 Å². The average molecular weight is 181 g/mol. The molecule has 0 heterocycles. The van der Waals surface area contributed by atoms with Crippen molar-refractivity contribution in [2.75, 3.05) is 13.2 Å². The number of hydrogen-bond acceptors (Lipinski definition) is 3. The van der Waals surface area contributed by atoms with Crippen molar-refractivity contribution in [1.82, 2.24) is 0 Å². The first-order chi connectivity index (χ1) is 6.27. The van der Waals surface area contributed by atoms with Gasteiger partial charge in [0.05, 0.1) is 12.5 Å². The standard InChI is InChI=1S/C10H15NO2/c1-2-13-10(12)9-5-3-4-8(6-9)7-11/h3-4,6,9H,2,5,7,11H2,1H3. The van der Waals surface area contributed by atoms with Crippen LogP contribution in [0.15, 0.2) is 23.8 Å². The van der Waals surface area contributed by atoms with E-state index in [1.807, 2.05) is 25.2 Å². The molecule has 0 spiro atoms. The molecule has 0 aliphatic heterocycles. The molecule has 1 aliphatic rings. The topological polar surface area (TPSA) is 52.3 Å². The van der Waals surface area contributed by atoms with E-state index in [2.05, 4.69) is 0 Å². The predicted octanol–water partition coefficient (Wildman–Crippen LogP) is 1.01. The molecule has 13 heavy (non-hydrogen) atoms. The third-order valence-electron chi connectivity index (χ3n) is 1.96. The van der Waals surface area contributed by atoms with E-state index in [1.165, 1.54) is 0 Å². The molecule has 0 saturated heterocycles. The van der Waals surface area contributed by atoms with Crippen LogP contribution in [0.5, 0.6) is 0 Å². The first kappa shape index (κ1) is 9.99. The zero-order valence-electron chi connectivity index (χ0n) is 7.82. The first-order valence-corrected chi connectivity index (χ1v) is 4.52. The van der Waals surface area contributed by atoms with Crippen molar-refractivity contribution >= 4 is 5.97 Å². The Morgan fingerprint density at radius 2 is 2.54 bits per heavy atom. The van der Waals surface area contributed by atoms with Gasteiger partial charge in [-0.1, -0.05) is 18.2 Å². The van der Waals surface area contributed by atoms with Gasteiger partial charge in [-0.3, -0.25) is 4.79 Å². The van der Waals surface area contributed by atoms with Crippen molar-refractivity contribution in [1.29, 1.82) is 0 Å². The summed E-state index contributed by atoms with van der Waals surface area (Å²) in [5.74, 6) is -0.290. The van der Waals surface area contributed by atoms with Gasteiger partial charge in [0.15, 0.2) is 0 Å². The van der Waals surface area contributed by atoms with Crippen molar-refractivity contribution in [3.05, 3.63) is 23.8 Å². The second kappa shape index (κ2) is 4.82. The maximum atomic E-state index is 11.3. The molecular formula is C10H15NO2. The lowest BCUT2D eigenvalue weighted by Crippen LogP contribution is -2.18. The van der Waals surface area contributed by atoms with Crippen molar-refractivity contribution in [2.45, 2.75) is 13.3 Å². The molecular weight excluding hydrogens is 166 g/mol. The van der Waals surface area contributed by atoms with Crippen LogP contribution in [0, 0.1) is 5.92 Å². The maximum Gasteiger partial charge on any atom is 0.313 e. The molecule has 3 heteroatoms. The second-order valence-corrected chi connectivity index (χ2v) is 2.94. The van der Waals surface area contributed by atoms with E-state index in [0.29, 0.717) is 13.2 Å². The van der Waals surface area contributed by atoms with Gasteiger partial charge in [0.1, 0.15) is 0 Å². The van der Waals surface area contributed by atoms with Gasteiger partial charge < -0.3 is 10.5 Å². The molecule has 3 nitrogen and oxygen atoms in total. The minimum Gasteiger partial charge on any atom is -0.466 e. The fourth-order valence-corrected chi connectivity index (χ4v) is 1.30. The van der Waals surface area contributed by atoms with Crippen LogP contribution in [0.4, 0.5) is 0 Å². The van der Waals surface area contributed by atoms with Crippen LogP contribution in [-0.2, 0) is 9.53 Å². The molecule has 1 unspecified atom stereocenters. The zero-order chi connectivity index (χ0) is 9.68. The number of hydrogen-bond donors (Lipinski definition) is 1. The Balaban J connectivity index is 2.58. The summed E-state index contributed by atoms with van der Waals surface area (Å²) >= 11 is 0. The Morgan fingerprint density at radius 3 is 3.15 bits per heavy atom. The Morgan fingerprint density at radius 1 is 1.77 bits per heavy atom. The Labute approximate surface area is 78.3 Å². The molecule has 0 fully saturated rings. The van der Waals surface area contributed by atoms with Crippen LogP contribution in [0.2, 0.25) is 0 Å². The van der Waals surface area contributed by atoms with Crippen LogP contribution >= 0.6 is 0 Å². The number of esters is 1. The second-order valence-electron chi connectivity index (χ2n) is 2.94. The number of allylic oxidation sites excluding steroid dienone is 1. The highest BCUT2D eigenvalue weighted by molar-refractivity contribution is 5.75. The third-order valence-corrected chi connectivity index (χ3v) is 1.96. The molecule has 1 atom stereocenters. The normalized spacial score (nSPS) is 21.1. The lowest BCUT2D eigenvalue weighted by molar-refractivity contribution is -0.146. The molecule has 72 valence electrons. The van der Waals surface area contributed by atoms with E-state index >= 15 is 0 Å². The van der Waals surface area contributed by atoms with Crippen molar-refractivity contribution < 1.29 is 9.53 Å². The quantitative estimate of drug-likeness (QED) is 0.661. The maximum absolute atomic E-state index is 11.3. The largest absolute Gasteiger partial charge is 0.466 e. The molecule has 0 saturated carbocycles. The van der Waals surface area contributed by atoms with Gasteiger partial charge in [0, 0.05) is 6.54 Å². The minimum atomic E-state index is -0.155. The molecule has 0 aromatic rings. The lowest BCUT2D eigenvalue weighted by atomic mass is 9.96. The number of carbonyl (C=O) groups excluding carboxylic acids is 1. The number of nitrogens with two attached hydrogens (primary N) is 1. The predicted molar refractivity (Wildman–Crippen MR) is 51.0 cm³/mol. The molecule has 0 aromatic heterocycles. The SMILES string of the molecule is CCOC(=O)C1C=C(CN)C=CC1. The summed E-state index contributed by atoms with van der Waals surface area (Å²) in [6.45, 7) is 2.72. The number of rotatable bonds is 3. The summed E-state index contributed by atoms with van der Waals surface area (Å²) in [5, 5.41) is 0. The van der Waals surface area contributed by atoms with Gasteiger partial charge in [0.25, 0.3) is 0 Å². The van der Waals surface area contributed by atoms with Crippen LogP contribution in [0.1, 0.15) is 13.3 Å². The fourth-order valence-electron chi connectivity index (χ4n) is 1.30. The van der Waals surface area contributed by atoms with Gasteiger partial charge in [-0.2, -0.15) is 0 Å². The van der Waals surface area contributed by atoms with Crippen molar-refractivity contribution in [3.8, 4) is 0 Å². The van der Waals surface area contributed by atoms with Crippen molar-refractivity contribution in [3.63, 3.8) is 0 Å². The fraction of sp³-hybridized carbons (Fsp3) is 0.500. The number of ether oxygens (including phenoxy) is 1. The molecule has 0 radical (unpaired) electrons. The zero-order valence-corrected chi connectivity index (χ0v) is 7.82. The van der Waals surface area contributed by atoms with E-state index in [4.69, 9.17) is 10.5 Å². The Hall–Kier alpha value is -1.09. The molecule has 0 aromatic carbocycles. The Kier molecular flexibility index (Phi) is 3.71. The molecule has 2 N–H and O–H groups in total. The summed E-state index contributed by atoms with van der Waals surface area (Å²) in [7, 11) is 0. The summed E-state index contributed by atoms with van der Waals surface area (Å²) in [5.41, 5.74) is 6.47. The van der Waals surface area contributed by atoms with E-state index < -0.39 is 0 Å². The summed E-state index contributed by atoms with van der Waals surface area (Å²) in [6.07, 6.45) is 6.53. The van der Waals surface area contributed by atoms with Crippen LogP contribution in [0.25, 0.3) is 0 Å². The highest BCUT2D eigenvalue weighted by atomic mass is 16.5. The first-order valence-electron chi connectivity index (χ1n) is 4.52. The van der Waals surface area contributed by atoms with E-state index in [1.54, 1.807) is 0 Å². The molecule has 0 bridgehead atoms. The van der Waals surface area contributed by atoms with Gasteiger partial charge in [-0.05, 0) is 18.9 Å². The monoisotopic (exact) mass is 181 g/mol. The van der Waals surface area contributed by atoms with Gasteiger partial charge in [0.2, 0.25) is 0 Å². The molecule has 1 rings (SSSR count). The smallest absolute Gasteiger partial charge is 0.313 e. The highest BCUT2D eigenvalue weighted by Gasteiger charge is 2.18. The van der Waals surface area contributed by atoms with Crippen LogP contribution in [0.3, 0.4) is 0 Å². The average Bonchev–Trinajstić information content (AvgIpc) is 2.18. The third kappa shape index (κ3) is 2.70. The van der Waals surface area contributed by atoms with Crippen LogP contribution < -0.4 is 5.73 Å². The summed E-state index contributed by atoms with van der Waals surface area (Å²) < 4.78 is 4.92. The highest BCUT2D eigenvalue weighted by Crippen LogP contribution is 2.17. The van der Waals surface area contributed by atoms with Gasteiger partial charge in [-0.15, -0.1) is 0 Å². The lowest BCUT2D eigenvalue weighted by Gasteiger charge is -2.14. The van der Waals surface area contributed by atoms with Crippen LogP contribution in [-0.4, -0.2) is 19.1 Å². The number of carbonyl (C=O) groups is 1. The van der Waals surface area contributed by atoms with E-state index in [0.717, 1.165) is 12.0 Å². The van der Waals surface area contributed by atoms with Gasteiger partial charge >= 0.3 is 5.97 Å². The molecule has 0 amide bonds. The van der Waals surface area contributed by atoms with E-state index in [9.17, 15) is 4.79 Å². The Bertz CT molecular complexity index is 243. The van der Waals surface area contributed by atoms with E-state index in [-0.39, 0.29) is 11.9 Å². The van der Waals surface area contributed by atoms with Gasteiger partial charge in [-0.25, -0.2) is 0 Å². The summed E-state index contributed by atoms with van der Waals surface area (Å²) in [4.78, 5) is 11.3. The minimum absolute atomic E-state index is 0.136. The summed E-state index contributed by atoms with van der Waals surface area (Å²) in [6, 6.07) is 0.